The first kappa shape index (κ1) is 27.3. The maximum atomic E-state index is 15.7. The third-order valence-corrected chi connectivity index (χ3v) is 10.8. The van der Waals surface area contributed by atoms with Gasteiger partial charge in [-0.15, -0.1) is 0 Å². The molecule has 5 N–H and O–H groups in total. The molecule has 0 aromatic rings. The molecule has 11 nitrogen and oxygen atoms in total. The molecule has 2 heterocycles. The maximum absolute atomic E-state index is 15.7. The van der Waals surface area contributed by atoms with Crippen molar-refractivity contribution < 1.29 is 33.1 Å². The Morgan fingerprint density at radius 3 is 2.48 bits per heavy atom. The van der Waals surface area contributed by atoms with Crippen LogP contribution in [0.4, 0.5) is 9.18 Å². The topological polar surface area (TPSA) is 160 Å². The Bertz CT molecular complexity index is 1170. The lowest BCUT2D eigenvalue weighted by Gasteiger charge is -2.41. The number of likely N-dealkylation sites (tertiary alicyclic amines) is 1. The third kappa shape index (κ3) is 3.91. The zero-order chi connectivity index (χ0) is 28.9. The molecule has 0 unspecified atom stereocenters. The number of carbonyl (C=O) groups is 5. The molecule has 0 bridgehead atoms. The highest BCUT2D eigenvalue weighted by molar-refractivity contribution is 5.95. The van der Waals surface area contributed by atoms with Crippen molar-refractivity contribution in [3.8, 4) is 0 Å². The van der Waals surface area contributed by atoms with Gasteiger partial charge in [0.1, 0.15) is 29.9 Å². The van der Waals surface area contributed by atoms with Crippen LogP contribution in [-0.4, -0.2) is 77.6 Å². The predicted molar refractivity (Wildman–Crippen MR) is 139 cm³/mol. The number of nitrogens with two attached hydrogens (primary N) is 1. The van der Waals surface area contributed by atoms with E-state index in [2.05, 4.69) is 16.0 Å². The van der Waals surface area contributed by atoms with Gasteiger partial charge in [0, 0.05) is 30.3 Å². The number of alkyl carbamates (subject to hydrolysis) is 1. The summed E-state index contributed by atoms with van der Waals surface area (Å²) in [5.74, 6) is -3.18. The molecule has 6 rings (SSSR count). The molecule has 0 aromatic heterocycles. The monoisotopic (exact) mass is 561 g/mol. The number of alkyl halides is 1. The minimum absolute atomic E-state index is 0.0532. The summed E-state index contributed by atoms with van der Waals surface area (Å²) in [7, 11) is 0. The van der Waals surface area contributed by atoms with Crippen molar-refractivity contribution in [2.24, 2.45) is 46.2 Å². The Hall–Kier alpha value is -2.92. The number of nitrogens with zero attached hydrogens (tertiary/aromatic N) is 1. The Labute approximate surface area is 232 Å². The fourth-order valence-electron chi connectivity index (χ4n) is 8.53. The smallest absolute Gasteiger partial charge is 0.408 e. The van der Waals surface area contributed by atoms with Crippen LogP contribution < -0.4 is 21.7 Å². The van der Waals surface area contributed by atoms with Gasteiger partial charge in [0.05, 0.1) is 0 Å². The minimum atomic E-state index is -1.34. The minimum Gasteiger partial charge on any atom is -0.446 e. The predicted octanol–water partition coefficient (Wildman–Crippen LogP) is 0.607. The quantitative estimate of drug-likeness (QED) is 0.340. The standard InChI is InChI=1S/C28H40FN5O6/c1-26(2,3)20(33-25(39)40-13-5-6-13)24(38)34-11-14-15-10-28(29)19(27(15,28)4)17(14)18(34)23(37)32-16(21(30)35)9-12-7-8-31-22(12)36/h12-20H,5-11H2,1-4H3,(H2,30,35)(H,31,36)(H,32,37)(H,33,39)/t12-,14+,15-,16-,17-,18-,19+,20+,27-,28-/m0/s1. The van der Waals surface area contributed by atoms with Gasteiger partial charge in [-0.3, -0.25) is 19.2 Å². The average molecular weight is 562 g/mol. The molecule has 2 aliphatic heterocycles. The molecule has 4 saturated carbocycles. The van der Waals surface area contributed by atoms with Crippen LogP contribution >= 0.6 is 0 Å². The molecule has 0 radical (unpaired) electrons. The average Bonchev–Trinajstić information content (AvgIpc) is 3.52. The van der Waals surface area contributed by atoms with Crippen LogP contribution in [-0.2, 0) is 23.9 Å². The van der Waals surface area contributed by atoms with E-state index in [-0.39, 0.29) is 42.7 Å². The summed E-state index contributed by atoms with van der Waals surface area (Å²) in [6, 6.07) is -3.11. The normalized spacial score (nSPS) is 40.2. The summed E-state index contributed by atoms with van der Waals surface area (Å²) >= 11 is 0. The number of primary amides is 1. The second-order valence-corrected chi connectivity index (χ2v) is 14.1. The van der Waals surface area contributed by atoms with Crippen molar-refractivity contribution in [2.75, 3.05) is 13.1 Å². The lowest BCUT2D eigenvalue weighted by atomic mass is 9.65. The van der Waals surface area contributed by atoms with Gasteiger partial charge < -0.3 is 31.3 Å². The molecule has 40 heavy (non-hydrogen) atoms. The van der Waals surface area contributed by atoms with E-state index in [0.29, 0.717) is 19.4 Å². The second-order valence-electron chi connectivity index (χ2n) is 14.1. The van der Waals surface area contributed by atoms with Crippen molar-refractivity contribution in [3.05, 3.63) is 0 Å². The van der Waals surface area contributed by atoms with Crippen LogP contribution in [0.2, 0.25) is 0 Å². The van der Waals surface area contributed by atoms with Gasteiger partial charge in [0.25, 0.3) is 0 Å². The highest BCUT2D eigenvalue weighted by Crippen LogP contribution is 2.90. The van der Waals surface area contributed by atoms with Crippen LogP contribution in [0.1, 0.15) is 59.8 Å². The van der Waals surface area contributed by atoms with Gasteiger partial charge in [-0.2, -0.15) is 0 Å². The largest absolute Gasteiger partial charge is 0.446 e. The van der Waals surface area contributed by atoms with E-state index in [1.54, 1.807) is 0 Å². The Morgan fingerprint density at radius 2 is 1.90 bits per heavy atom. The third-order valence-electron chi connectivity index (χ3n) is 10.8. The molecule has 6 aliphatic rings. The van der Waals surface area contributed by atoms with Crippen LogP contribution in [0.25, 0.3) is 0 Å². The van der Waals surface area contributed by atoms with E-state index in [1.807, 2.05) is 27.7 Å². The van der Waals surface area contributed by atoms with Gasteiger partial charge in [0.15, 0.2) is 0 Å². The fraction of sp³-hybridized carbons (Fsp3) is 0.821. The highest BCUT2D eigenvalue weighted by atomic mass is 19.1. The molecule has 10 atom stereocenters. The fourth-order valence-corrected chi connectivity index (χ4v) is 8.53. The first-order chi connectivity index (χ1) is 18.7. The molecule has 220 valence electrons. The molecule has 0 aromatic carbocycles. The molecule has 12 heteroatoms. The SMILES string of the molecule is CC(C)(C)[C@H](NC(=O)OC1CC1)C(=O)N1C[C@H]2[C@@H]([C@H]1C(=O)N[C@@H](C[C@@H]1CCNC1=O)C(N)=O)[C@@H]1[C@]3(C)[C@H]2C[C@]13F. The highest BCUT2D eigenvalue weighted by Gasteiger charge is 2.94. The van der Waals surface area contributed by atoms with Gasteiger partial charge in [-0.25, -0.2) is 9.18 Å². The summed E-state index contributed by atoms with van der Waals surface area (Å²) in [6.45, 7) is 8.15. The van der Waals surface area contributed by atoms with Crippen LogP contribution in [0, 0.1) is 40.4 Å². The van der Waals surface area contributed by atoms with Crippen LogP contribution in [0.3, 0.4) is 0 Å². The summed E-state index contributed by atoms with van der Waals surface area (Å²) < 4.78 is 21.0. The number of nitrogens with one attached hydrogen (secondary N) is 3. The van der Waals surface area contributed by atoms with Crippen molar-refractivity contribution in [1.82, 2.24) is 20.9 Å². The van der Waals surface area contributed by atoms with Crippen molar-refractivity contribution in [3.63, 3.8) is 0 Å². The number of halogens is 1. The lowest BCUT2D eigenvalue weighted by molar-refractivity contribution is -0.143. The van der Waals surface area contributed by atoms with E-state index in [4.69, 9.17) is 10.5 Å². The Kier molecular flexibility index (Phi) is 5.99. The van der Waals surface area contributed by atoms with Gasteiger partial charge in [0.2, 0.25) is 23.6 Å². The number of carbonyl (C=O) groups excluding carboxylic acids is 5. The van der Waals surface area contributed by atoms with E-state index < -0.39 is 70.3 Å². The van der Waals surface area contributed by atoms with Gasteiger partial charge in [-0.05, 0) is 55.3 Å². The van der Waals surface area contributed by atoms with Crippen molar-refractivity contribution >= 4 is 29.7 Å². The molecule has 6 fully saturated rings. The molecule has 5 amide bonds. The summed E-state index contributed by atoms with van der Waals surface area (Å²) in [6.07, 6.45) is 1.76. The summed E-state index contributed by atoms with van der Waals surface area (Å²) in [5.41, 5.74) is 3.10. The molecular formula is C28H40FN5O6. The summed E-state index contributed by atoms with van der Waals surface area (Å²) in [4.78, 5) is 66.7. The van der Waals surface area contributed by atoms with Gasteiger partial charge in [-0.1, -0.05) is 27.7 Å². The first-order valence-corrected chi connectivity index (χ1v) is 14.5. The van der Waals surface area contributed by atoms with Crippen molar-refractivity contribution in [2.45, 2.75) is 89.7 Å². The van der Waals surface area contributed by atoms with Crippen LogP contribution in [0.15, 0.2) is 0 Å². The lowest BCUT2D eigenvalue weighted by Crippen LogP contribution is -2.60. The molecule has 2 saturated heterocycles. The van der Waals surface area contributed by atoms with Gasteiger partial charge >= 0.3 is 6.09 Å². The van der Waals surface area contributed by atoms with E-state index in [1.165, 1.54) is 4.90 Å². The molecule has 0 spiro atoms. The Balaban J connectivity index is 1.26. The number of fused-ring (bicyclic) bond motifs is 4. The first-order valence-electron chi connectivity index (χ1n) is 14.5. The molecule has 4 aliphatic carbocycles. The van der Waals surface area contributed by atoms with E-state index in [0.717, 1.165) is 12.8 Å². The zero-order valence-electron chi connectivity index (χ0n) is 23.5. The van der Waals surface area contributed by atoms with E-state index >= 15 is 4.39 Å². The second kappa shape index (κ2) is 8.79. The Morgan fingerprint density at radius 1 is 1.20 bits per heavy atom. The van der Waals surface area contributed by atoms with Crippen LogP contribution in [0.5, 0.6) is 0 Å². The maximum Gasteiger partial charge on any atom is 0.408 e. The number of ether oxygens (including phenoxy) is 1. The number of hydrogen-bond donors (Lipinski definition) is 4. The zero-order valence-corrected chi connectivity index (χ0v) is 23.5. The number of rotatable bonds is 8. The summed E-state index contributed by atoms with van der Waals surface area (Å²) in [5, 5.41) is 8.17. The number of hydrogen-bond acceptors (Lipinski definition) is 6. The van der Waals surface area contributed by atoms with Crippen molar-refractivity contribution in [1.29, 1.82) is 0 Å². The number of amides is 5. The van der Waals surface area contributed by atoms with E-state index in [9.17, 15) is 24.0 Å². The molecular weight excluding hydrogens is 521 g/mol.